The van der Waals surface area contributed by atoms with E-state index in [9.17, 15) is 14.5 Å². The number of hydrogen-bond donors (Lipinski definition) is 3. The van der Waals surface area contributed by atoms with Crippen molar-refractivity contribution in [2.45, 2.75) is 50.9 Å². The second-order valence-electron chi connectivity index (χ2n) is 6.73. The number of aliphatic hydroxyl groups excluding tert-OH is 1. The predicted octanol–water partition coefficient (Wildman–Crippen LogP) is 0.583. The maximum Gasteiger partial charge on any atom is 1.00 e. The van der Waals surface area contributed by atoms with E-state index < -0.39 is 20.8 Å². The fourth-order valence-corrected chi connectivity index (χ4v) is 3.66. The molecule has 3 N–H and O–H groups in total. The van der Waals surface area contributed by atoms with Gasteiger partial charge in [-0.3, -0.25) is 0 Å². The average Bonchev–Trinajstić information content (AvgIpc) is 2.66. The van der Waals surface area contributed by atoms with Gasteiger partial charge in [-0.25, -0.2) is 4.79 Å². The number of allylic oxidation sites excluding steroid dienone is 2. The first kappa shape index (κ1) is 24.0. The summed E-state index contributed by atoms with van der Waals surface area (Å²) in [6.45, 7) is 2.34. The van der Waals surface area contributed by atoms with Crippen LogP contribution in [0.15, 0.2) is 36.4 Å². The van der Waals surface area contributed by atoms with Crippen LogP contribution in [0.2, 0.25) is 0 Å². The van der Waals surface area contributed by atoms with Gasteiger partial charge in [-0.05, 0) is 54.4 Å². The number of carboxylic acids is 1. The Morgan fingerprint density at radius 3 is 2.63 bits per heavy atom. The molecular weight excluding hydrogens is 360 g/mol. The van der Waals surface area contributed by atoms with Crippen LogP contribution in [0.25, 0.3) is 0 Å². The van der Waals surface area contributed by atoms with Crippen molar-refractivity contribution in [2.75, 3.05) is 6.54 Å². The van der Waals surface area contributed by atoms with Gasteiger partial charge in [0, 0.05) is 19.0 Å². The normalized spacial score (nSPS) is 19.9. The summed E-state index contributed by atoms with van der Waals surface area (Å²) in [5, 5.41) is 22.5. The van der Waals surface area contributed by atoms with E-state index in [4.69, 9.17) is 9.63 Å². The Labute approximate surface area is 175 Å². The molecule has 1 aliphatic carbocycles. The molecular formula is C19H28LiNO5P+. The molecule has 6 nitrogen and oxygen atoms in total. The number of aliphatic hydroxyl groups is 1. The zero-order chi connectivity index (χ0) is 18.9. The third-order valence-corrected chi connectivity index (χ3v) is 5.26. The Bertz CT molecular complexity index is 631. The number of aromatic carboxylic acids is 1. The predicted molar refractivity (Wildman–Crippen MR) is 102 cm³/mol. The Hall–Kier alpha value is -0.993. The Morgan fingerprint density at radius 1 is 1.37 bits per heavy atom. The first-order valence-electron chi connectivity index (χ1n) is 8.93. The van der Waals surface area contributed by atoms with Crippen LogP contribution in [-0.4, -0.2) is 34.9 Å². The molecule has 0 bridgehead atoms. The third-order valence-electron chi connectivity index (χ3n) is 4.86. The van der Waals surface area contributed by atoms with Gasteiger partial charge in [0.05, 0.1) is 11.7 Å². The number of hydrogen-bond acceptors (Lipinski definition) is 5. The van der Waals surface area contributed by atoms with E-state index in [1.807, 2.05) is 6.92 Å². The molecule has 1 aliphatic rings. The zero-order valence-electron chi connectivity index (χ0n) is 16.9. The van der Waals surface area contributed by atoms with Crippen molar-refractivity contribution in [1.29, 1.82) is 0 Å². The molecule has 0 aromatic heterocycles. The number of nitrogens with one attached hydrogen (secondary N) is 1. The summed E-state index contributed by atoms with van der Waals surface area (Å²) < 4.78 is 16.3. The third kappa shape index (κ3) is 7.87. The maximum atomic E-state index is 10.9. The van der Waals surface area contributed by atoms with Gasteiger partial charge >= 0.3 is 33.5 Å². The molecule has 27 heavy (non-hydrogen) atoms. The van der Waals surface area contributed by atoms with Gasteiger partial charge in [-0.1, -0.05) is 24.3 Å². The molecule has 0 spiro atoms. The van der Waals surface area contributed by atoms with E-state index >= 15 is 0 Å². The summed E-state index contributed by atoms with van der Waals surface area (Å²) in [6.07, 6.45) is 6.74. The van der Waals surface area contributed by atoms with Gasteiger partial charge in [-0.15, -0.1) is 4.52 Å². The smallest absolute Gasteiger partial charge is 1.00 e. The second-order valence-corrected chi connectivity index (χ2v) is 7.13. The molecule has 0 saturated heterocycles. The van der Waals surface area contributed by atoms with Crippen LogP contribution in [0.4, 0.5) is 0 Å². The van der Waals surface area contributed by atoms with Crippen molar-refractivity contribution >= 4 is 14.7 Å². The van der Waals surface area contributed by atoms with Crippen molar-refractivity contribution in [3.05, 3.63) is 47.5 Å². The van der Waals surface area contributed by atoms with Crippen LogP contribution < -0.4 is 24.2 Å². The fourth-order valence-electron chi connectivity index (χ4n) is 3.25. The molecule has 0 saturated carbocycles. The molecule has 2 rings (SSSR count). The van der Waals surface area contributed by atoms with Gasteiger partial charge < -0.3 is 17.0 Å². The number of benzene rings is 1. The van der Waals surface area contributed by atoms with Crippen molar-refractivity contribution < 1.29 is 44.4 Å². The van der Waals surface area contributed by atoms with Crippen LogP contribution >= 0.6 is 8.69 Å². The molecule has 0 fully saturated rings. The molecule has 0 heterocycles. The summed E-state index contributed by atoms with van der Waals surface area (Å²) in [6, 6.07) is 6.66. The Kier molecular flexibility index (Phi) is 11.1. The summed E-state index contributed by atoms with van der Waals surface area (Å²) in [5.41, 5.74) is 1.20. The quantitative estimate of drug-likeness (QED) is 0.308. The minimum atomic E-state index is -0.949. The van der Waals surface area contributed by atoms with Crippen LogP contribution in [0.1, 0.15) is 56.0 Å². The second kappa shape index (κ2) is 12.5. The molecule has 1 aromatic rings. The molecule has 3 unspecified atom stereocenters. The van der Waals surface area contributed by atoms with Crippen LogP contribution in [-0.2, 0) is 9.09 Å². The minimum absolute atomic E-state index is 0. The number of rotatable bonds is 10. The summed E-state index contributed by atoms with van der Waals surface area (Å²) in [5.74, 6) is -0.660. The van der Waals surface area contributed by atoms with Crippen molar-refractivity contribution in [1.82, 2.24) is 5.32 Å². The molecule has 144 valence electrons. The Morgan fingerprint density at radius 2 is 2.07 bits per heavy atom. The molecule has 8 heteroatoms. The maximum absolute atomic E-state index is 10.9. The van der Waals surface area contributed by atoms with E-state index in [0.29, 0.717) is 13.0 Å². The van der Waals surface area contributed by atoms with Crippen molar-refractivity contribution in [3.63, 3.8) is 0 Å². The fraction of sp³-hybridized carbons (Fsp3) is 0.526. The molecule has 0 aliphatic heterocycles. The average molecular weight is 388 g/mol. The van der Waals surface area contributed by atoms with Crippen LogP contribution in [0, 0.1) is 5.92 Å². The van der Waals surface area contributed by atoms with E-state index in [0.717, 1.165) is 24.8 Å². The van der Waals surface area contributed by atoms with Gasteiger partial charge in [0.25, 0.3) is 0 Å². The largest absolute Gasteiger partial charge is 1.00 e. The molecule has 5 atom stereocenters. The van der Waals surface area contributed by atoms with Crippen LogP contribution in [0.3, 0.4) is 0 Å². The van der Waals surface area contributed by atoms with Crippen LogP contribution in [0.5, 0.6) is 0 Å². The van der Waals surface area contributed by atoms with Gasteiger partial charge in [0.15, 0.2) is 0 Å². The first-order chi connectivity index (χ1) is 12.5. The summed E-state index contributed by atoms with van der Waals surface area (Å²) >= 11 is 0. The minimum Gasteiger partial charge on any atom is -1.00 e. The molecule has 1 aromatic carbocycles. The number of carboxylic acid groups (broad SMARTS) is 1. The van der Waals surface area contributed by atoms with Gasteiger partial charge in [0.2, 0.25) is 0 Å². The standard InChI is InChI=1S/C19H26NO5P.Li.H/c1-13(14-7-9-16(10-8-14)19(22)23)20-12-17(21)11-18(25-26-24)15-5-3-2-4-6-15;;/h2-3,7-10,13,15,17-18,20-21,26H,4-6,11-12H2,1H3;;/q;+1;-1/p+1/t13-,15?,17-,18?;;/m0../s1. The van der Waals surface area contributed by atoms with Crippen molar-refractivity contribution in [2.24, 2.45) is 5.92 Å². The van der Waals surface area contributed by atoms with Crippen molar-refractivity contribution in [3.8, 4) is 0 Å². The van der Waals surface area contributed by atoms with E-state index in [1.165, 1.54) is 0 Å². The monoisotopic (exact) mass is 388 g/mol. The molecule has 0 radical (unpaired) electrons. The first-order valence-corrected chi connectivity index (χ1v) is 9.75. The molecule has 0 amide bonds. The van der Waals surface area contributed by atoms with Gasteiger partial charge in [0.1, 0.15) is 6.10 Å². The van der Waals surface area contributed by atoms with E-state index in [1.54, 1.807) is 24.3 Å². The summed E-state index contributed by atoms with van der Waals surface area (Å²) in [4.78, 5) is 10.9. The number of carbonyl (C=O) groups is 1. The van der Waals surface area contributed by atoms with E-state index in [-0.39, 0.29) is 43.9 Å². The topological polar surface area (TPSA) is 95.9 Å². The van der Waals surface area contributed by atoms with Gasteiger partial charge in [-0.2, -0.15) is 0 Å². The van der Waals surface area contributed by atoms with E-state index in [2.05, 4.69) is 17.5 Å². The zero-order valence-corrected chi connectivity index (χ0v) is 16.9. The summed E-state index contributed by atoms with van der Waals surface area (Å²) in [7, 11) is -0.820. The SMILES string of the molecule is C[C@H](NC[C@@H](O)CC(O[PH+]=O)C1CC=CCC1)c1ccc(C(=O)O)cc1.[H-].[Li+]. The Balaban J connectivity index is 0.00000364.